The van der Waals surface area contributed by atoms with Crippen molar-refractivity contribution in [3.63, 3.8) is 0 Å². The molecular formula is C16H14N4O4. The predicted octanol–water partition coefficient (Wildman–Crippen LogP) is 0.952. The van der Waals surface area contributed by atoms with Gasteiger partial charge in [-0.15, -0.1) is 0 Å². The van der Waals surface area contributed by atoms with E-state index in [1.165, 1.54) is 12.1 Å². The van der Waals surface area contributed by atoms with Crippen LogP contribution in [0, 0.1) is 0 Å². The fourth-order valence-corrected chi connectivity index (χ4v) is 2.43. The minimum atomic E-state index is -1.48. The molecule has 0 aliphatic carbocycles. The standard InChI is InChI=1S/C16H14N4O4/c21-14-11-6-1-2-7-12(11)20(13(19-14)15(22)23)16(24)18-9-10-5-3-4-8-17-10/h1-8,13H,9H2,(H,18,24)(H,19,21)(H,22,23). The molecule has 122 valence electrons. The van der Waals surface area contributed by atoms with Crippen molar-refractivity contribution in [2.75, 3.05) is 4.90 Å². The molecule has 3 N–H and O–H groups in total. The second-order valence-electron chi connectivity index (χ2n) is 5.08. The third-order valence-electron chi connectivity index (χ3n) is 3.53. The van der Waals surface area contributed by atoms with Crippen LogP contribution in [0.3, 0.4) is 0 Å². The quantitative estimate of drug-likeness (QED) is 0.777. The molecule has 1 aromatic heterocycles. The molecule has 8 heteroatoms. The summed E-state index contributed by atoms with van der Waals surface area (Å²) in [6.07, 6.45) is 0.119. The molecule has 2 heterocycles. The van der Waals surface area contributed by atoms with Crippen LogP contribution in [0.15, 0.2) is 48.7 Å². The SMILES string of the molecule is O=C1NC(C(=O)O)N(C(=O)NCc2ccccn2)c2ccccc21. The Balaban J connectivity index is 1.87. The van der Waals surface area contributed by atoms with E-state index >= 15 is 0 Å². The Morgan fingerprint density at radius 3 is 2.67 bits per heavy atom. The van der Waals surface area contributed by atoms with E-state index in [1.54, 1.807) is 36.5 Å². The van der Waals surface area contributed by atoms with E-state index in [2.05, 4.69) is 15.6 Å². The Labute approximate surface area is 137 Å². The van der Waals surface area contributed by atoms with Gasteiger partial charge in [-0.2, -0.15) is 0 Å². The van der Waals surface area contributed by atoms with Crippen LogP contribution < -0.4 is 15.5 Å². The second kappa shape index (κ2) is 6.37. The van der Waals surface area contributed by atoms with E-state index in [0.29, 0.717) is 5.69 Å². The molecule has 3 rings (SSSR count). The Hall–Kier alpha value is -3.42. The van der Waals surface area contributed by atoms with Gasteiger partial charge in [0.15, 0.2) is 0 Å². The first-order valence-corrected chi connectivity index (χ1v) is 7.17. The van der Waals surface area contributed by atoms with Gasteiger partial charge in [0.05, 0.1) is 23.5 Å². The molecule has 1 atom stereocenters. The Morgan fingerprint density at radius 2 is 1.96 bits per heavy atom. The third-order valence-corrected chi connectivity index (χ3v) is 3.53. The molecule has 0 fully saturated rings. The summed E-state index contributed by atoms with van der Waals surface area (Å²) < 4.78 is 0. The third kappa shape index (κ3) is 2.89. The van der Waals surface area contributed by atoms with Crippen molar-refractivity contribution < 1.29 is 19.5 Å². The molecule has 0 saturated heterocycles. The summed E-state index contributed by atoms with van der Waals surface area (Å²) in [7, 11) is 0. The molecule has 1 unspecified atom stereocenters. The number of urea groups is 1. The number of rotatable bonds is 3. The van der Waals surface area contributed by atoms with Gasteiger partial charge in [0.1, 0.15) is 0 Å². The molecule has 2 aromatic rings. The Bertz CT molecular complexity index is 794. The first-order chi connectivity index (χ1) is 11.6. The lowest BCUT2D eigenvalue weighted by Gasteiger charge is -2.34. The van der Waals surface area contributed by atoms with Crippen molar-refractivity contribution in [3.8, 4) is 0 Å². The van der Waals surface area contributed by atoms with Crippen LogP contribution in [0.4, 0.5) is 10.5 Å². The zero-order valence-electron chi connectivity index (χ0n) is 12.5. The molecule has 1 aliphatic rings. The summed E-state index contributed by atoms with van der Waals surface area (Å²) in [5, 5.41) is 14.3. The van der Waals surface area contributed by atoms with Crippen LogP contribution in [-0.2, 0) is 11.3 Å². The highest BCUT2D eigenvalue weighted by atomic mass is 16.4. The van der Waals surface area contributed by atoms with Crippen LogP contribution in [0.1, 0.15) is 16.1 Å². The normalized spacial score (nSPS) is 16.1. The predicted molar refractivity (Wildman–Crippen MR) is 84.3 cm³/mol. The number of carbonyl (C=O) groups is 3. The number of para-hydroxylation sites is 1. The smallest absolute Gasteiger partial charge is 0.347 e. The molecule has 1 aliphatic heterocycles. The molecule has 0 bridgehead atoms. The number of aromatic nitrogens is 1. The fraction of sp³-hybridized carbons (Fsp3) is 0.125. The number of benzene rings is 1. The highest BCUT2D eigenvalue weighted by Gasteiger charge is 2.38. The lowest BCUT2D eigenvalue weighted by Crippen LogP contribution is -2.61. The number of pyridine rings is 1. The molecule has 0 radical (unpaired) electrons. The number of carboxylic acids is 1. The van der Waals surface area contributed by atoms with E-state index < -0.39 is 24.1 Å². The summed E-state index contributed by atoms with van der Waals surface area (Å²) in [4.78, 5) is 41.1. The van der Waals surface area contributed by atoms with Gasteiger partial charge >= 0.3 is 12.0 Å². The van der Waals surface area contributed by atoms with Crippen LogP contribution in [-0.4, -0.2) is 34.2 Å². The number of hydrogen-bond donors (Lipinski definition) is 3. The van der Waals surface area contributed by atoms with Crippen molar-refractivity contribution in [3.05, 3.63) is 59.9 Å². The molecule has 8 nitrogen and oxygen atoms in total. The fourth-order valence-electron chi connectivity index (χ4n) is 2.43. The van der Waals surface area contributed by atoms with Crippen molar-refractivity contribution >= 4 is 23.6 Å². The monoisotopic (exact) mass is 326 g/mol. The number of fused-ring (bicyclic) bond motifs is 1. The van der Waals surface area contributed by atoms with E-state index in [4.69, 9.17) is 0 Å². The molecular weight excluding hydrogens is 312 g/mol. The van der Waals surface area contributed by atoms with Crippen LogP contribution in [0.2, 0.25) is 0 Å². The van der Waals surface area contributed by atoms with Gasteiger partial charge in [0, 0.05) is 6.20 Å². The average Bonchev–Trinajstić information content (AvgIpc) is 2.60. The molecule has 24 heavy (non-hydrogen) atoms. The van der Waals surface area contributed by atoms with Gasteiger partial charge in [-0.3, -0.25) is 14.7 Å². The largest absolute Gasteiger partial charge is 0.478 e. The number of carboxylic acid groups (broad SMARTS) is 1. The Morgan fingerprint density at radius 1 is 1.21 bits per heavy atom. The van der Waals surface area contributed by atoms with Gasteiger partial charge in [0.25, 0.3) is 5.91 Å². The number of nitrogens with one attached hydrogen (secondary N) is 2. The van der Waals surface area contributed by atoms with Gasteiger partial charge in [0.2, 0.25) is 6.17 Å². The minimum Gasteiger partial charge on any atom is -0.478 e. The summed E-state index contributed by atoms with van der Waals surface area (Å²) in [5.74, 6) is -1.86. The van der Waals surface area contributed by atoms with Crippen LogP contribution >= 0.6 is 0 Å². The van der Waals surface area contributed by atoms with E-state index in [1.807, 2.05) is 0 Å². The highest BCUT2D eigenvalue weighted by Crippen LogP contribution is 2.26. The van der Waals surface area contributed by atoms with E-state index in [0.717, 1.165) is 4.90 Å². The molecule has 3 amide bonds. The lowest BCUT2D eigenvalue weighted by atomic mass is 10.1. The maximum Gasteiger partial charge on any atom is 0.347 e. The van der Waals surface area contributed by atoms with E-state index in [9.17, 15) is 19.5 Å². The topological polar surface area (TPSA) is 112 Å². The van der Waals surface area contributed by atoms with Crippen molar-refractivity contribution in [1.82, 2.24) is 15.6 Å². The summed E-state index contributed by atoms with van der Waals surface area (Å²) in [6, 6.07) is 11.0. The van der Waals surface area contributed by atoms with Crippen molar-refractivity contribution in [2.45, 2.75) is 12.7 Å². The van der Waals surface area contributed by atoms with E-state index in [-0.39, 0.29) is 17.8 Å². The van der Waals surface area contributed by atoms with Gasteiger partial charge in [-0.1, -0.05) is 18.2 Å². The van der Waals surface area contributed by atoms with Gasteiger partial charge in [-0.05, 0) is 24.3 Å². The molecule has 0 saturated carbocycles. The number of nitrogens with zero attached hydrogens (tertiary/aromatic N) is 2. The van der Waals surface area contributed by atoms with Crippen LogP contribution in [0.5, 0.6) is 0 Å². The zero-order valence-corrected chi connectivity index (χ0v) is 12.5. The molecule has 0 spiro atoms. The average molecular weight is 326 g/mol. The van der Waals surface area contributed by atoms with Crippen molar-refractivity contribution in [2.24, 2.45) is 0 Å². The first-order valence-electron chi connectivity index (χ1n) is 7.17. The lowest BCUT2D eigenvalue weighted by molar-refractivity contribution is -0.139. The first kappa shape index (κ1) is 15.5. The maximum atomic E-state index is 12.5. The summed E-state index contributed by atoms with van der Waals surface area (Å²) >= 11 is 0. The van der Waals surface area contributed by atoms with Gasteiger partial charge in [-0.25, -0.2) is 9.59 Å². The van der Waals surface area contributed by atoms with Gasteiger partial charge < -0.3 is 15.7 Å². The second-order valence-corrected chi connectivity index (χ2v) is 5.08. The number of anilines is 1. The summed E-state index contributed by atoms with van der Waals surface area (Å²) in [6.45, 7) is 0.138. The Kier molecular flexibility index (Phi) is 4.11. The van der Waals surface area contributed by atoms with Crippen LogP contribution in [0.25, 0.3) is 0 Å². The molecule has 1 aromatic carbocycles. The zero-order chi connectivity index (χ0) is 17.1. The maximum absolute atomic E-state index is 12.5. The number of aliphatic carboxylic acids is 1. The highest BCUT2D eigenvalue weighted by molar-refractivity contribution is 6.11. The summed E-state index contributed by atoms with van der Waals surface area (Å²) in [5.41, 5.74) is 1.11. The minimum absolute atomic E-state index is 0.138. The number of carbonyl (C=O) groups excluding carboxylic acids is 2. The number of amides is 3. The number of hydrogen-bond acceptors (Lipinski definition) is 4. The van der Waals surface area contributed by atoms with Crippen molar-refractivity contribution in [1.29, 1.82) is 0 Å².